The smallest absolute Gasteiger partial charge is 0.471 e. The zero-order valence-electron chi connectivity index (χ0n) is 14.7. The Morgan fingerprint density at radius 1 is 1.11 bits per heavy atom. The quantitative estimate of drug-likeness (QED) is 0.671. The highest BCUT2D eigenvalue weighted by Crippen LogP contribution is 2.30. The van der Waals surface area contributed by atoms with E-state index in [-0.39, 0.29) is 27.8 Å². The fraction of sp³-hybridized carbons (Fsp3) is 0.278. The molecule has 2 aromatic rings. The Labute approximate surface area is 165 Å². The van der Waals surface area contributed by atoms with E-state index in [4.69, 9.17) is 16.3 Å². The van der Waals surface area contributed by atoms with Crippen LogP contribution in [0.1, 0.15) is 12.0 Å². The monoisotopic (exact) mass is 435 g/mol. The van der Waals surface area contributed by atoms with Gasteiger partial charge in [-0.05, 0) is 48.7 Å². The van der Waals surface area contributed by atoms with Crippen LogP contribution >= 0.6 is 11.6 Å². The van der Waals surface area contributed by atoms with Crippen molar-refractivity contribution in [3.05, 3.63) is 53.1 Å². The molecule has 1 amide bonds. The highest BCUT2D eigenvalue weighted by Gasteiger charge is 2.38. The molecule has 28 heavy (non-hydrogen) atoms. The number of carbonyl (C=O) groups is 1. The molecule has 0 unspecified atom stereocenters. The van der Waals surface area contributed by atoms with E-state index in [0.29, 0.717) is 12.2 Å². The summed E-state index contributed by atoms with van der Waals surface area (Å²) in [6.45, 7) is -0.136. The number of alkyl halides is 3. The molecular weight excluding hydrogens is 419 g/mol. The molecule has 10 heteroatoms. The zero-order valence-corrected chi connectivity index (χ0v) is 16.3. The number of methoxy groups -OCH3 is 1. The minimum atomic E-state index is -4.90. The van der Waals surface area contributed by atoms with E-state index < -0.39 is 21.9 Å². The second-order valence-corrected chi connectivity index (χ2v) is 8.16. The first kappa shape index (κ1) is 22.0. The number of amides is 1. The molecule has 152 valence electrons. The number of benzene rings is 2. The van der Waals surface area contributed by atoms with Crippen molar-refractivity contribution in [2.45, 2.75) is 28.8 Å². The van der Waals surface area contributed by atoms with Crippen LogP contribution in [0.3, 0.4) is 0 Å². The van der Waals surface area contributed by atoms with Crippen LogP contribution in [0.4, 0.5) is 13.2 Å². The lowest BCUT2D eigenvalue weighted by Crippen LogP contribution is -2.37. The number of rotatable bonds is 7. The number of aryl methyl sites for hydroxylation is 1. The van der Waals surface area contributed by atoms with Gasteiger partial charge in [0.25, 0.3) is 0 Å². The maximum atomic E-state index is 12.7. The number of halogens is 4. The molecule has 0 aliphatic carbocycles. The van der Waals surface area contributed by atoms with E-state index in [1.54, 1.807) is 17.4 Å². The number of ether oxygens (including phenoxy) is 1. The van der Waals surface area contributed by atoms with Gasteiger partial charge in [-0.15, -0.1) is 0 Å². The van der Waals surface area contributed by atoms with Crippen LogP contribution in [0.15, 0.2) is 52.3 Å². The summed E-state index contributed by atoms with van der Waals surface area (Å²) in [4.78, 5) is 10.8. The van der Waals surface area contributed by atoms with Gasteiger partial charge in [0.15, 0.2) is 0 Å². The molecule has 5 nitrogen and oxygen atoms in total. The highest BCUT2D eigenvalue weighted by atomic mass is 35.5. The Morgan fingerprint density at radius 2 is 1.71 bits per heavy atom. The number of carbonyl (C=O) groups excluding carboxylic acids is 1. The largest absolute Gasteiger partial charge is 0.495 e. The lowest BCUT2D eigenvalue weighted by atomic mass is 10.1. The van der Waals surface area contributed by atoms with Crippen LogP contribution in [0.2, 0.25) is 5.02 Å². The molecule has 0 aromatic heterocycles. The zero-order chi connectivity index (χ0) is 20.9. The number of hydrogen-bond acceptors (Lipinski definition) is 4. The Kier molecular flexibility index (Phi) is 6.95. The van der Waals surface area contributed by atoms with Crippen molar-refractivity contribution in [2.75, 3.05) is 13.7 Å². The van der Waals surface area contributed by atoms with E-state index in [2.05, 4.69) is 0 Å². The number of sulfone groups is 1. The van der Waals surface area contributed by atoms with Gasteiger partial charge >= 0.3 is 12.1 Å². The lowest BCUT2D eigenvalue weighted by molar-refractivity contribution is -0.173. The topological polar surface area (TPSA) is 72.5 Å². The van der Waals surface area contributed by atoms with Crippen molar-refractivity contribution in [3.63, 3.8) is 0 Å². The molecular formula is C18H17ClF3NO4S. The van der Waals surface area contributed by atoms with E-state index in [0.717, 1.165) is 5.56 Å². The first-order chi connectivity index (χ1) is 13.1. The van der Waals surface area contributed by atoms with Gasteiger partial charge in [0.05, 0.1) is 21.9 Å². The molecule has 0 aliphatic rings. The maximum Gasteiger partial charge on any atom is 0.471 e. The molecule has 0 radical (unpaired) electrons. The molecule has 0 saturated heterocycles. The Bertz CT molecular complexity index is 944. The van der Waals surface area contributed by atoms with Gasteiger partial charge in [0.1, 0.15) is 5.75 Å². The van der Waals surface area contributed by atoms with Crippen LogP contribution in [-0.4, -0.2) is 34.2 Å². The van der Waals surface area contributed by atoms with E-state index >= 15 is 0 Å². The Hall–Kier alpha value is -2.26. The normalized spacial score (nSPS) is 11.9. The third-order valence-electron chi connectivity index (χ3n) is 3.85. The van der Waals surface area contributed by atoms with Gasteiger partial charge in [-0.1, -0.05) is 23.7 Å². The minimum absolute atomic E-state index is 0.0147. The van der Waals surface area contributed by atoms with E-state index in [1.807, 2.05) is 0 Å². The van der Waals surface area contributed by atoms with Crippen molar-refractivity contribution in [1.82, 2.24) is 5.32 Å². The van der Waals surface area contributed by atoms with Crippen LogP contribution in [-0.2, 0) is 21.1 Å². The minimum Gasteiger partial charge on any atom is -0.495 e. The molecule has 0 atom stereocenters. The molecule has 2 rings (SSSR count). The SMILES string of the molecule is COc1ccc(S(=O)(=O)c2ccc(CCCNC(=O)C(F)(F)F)cc2)cc1Cl. The standard InChI is InChI=1S/C18H17ClF3NO4S/c1-27-16-9-8-14(11-15(16)19)28(25,26)13-6-4-12(5-7-13)3-2-10-23-17(24)18(20,21)22/h4-9,11H,2-3,10H2,1H3,(H,23,24). The van der Waals surface area contributed by atoms with Gasteiger partial charge in [-0.2, -0.15) is 13.2 Å². The van der Waals surface area contributed by atoms with Gasteiger partial charge in [-0.25, -0.2) is 8.42 Å². The molecule has 0 heterocycles. The van der Waals surface area contributed by atoms with Crippen molar-refractivity contribution in [2.24, 2.45) is 0 Å². The second kappa shape index (κ2) is 8.83. The average molecular weight is 436 g/mol. The van der Waals surface area contributed by atoms with Gasteiger partial charge in [-0.3, -0.25) is 4.79 Å². The lowest BCUT2D eigenvalue weighted by Gasteiger charge is -2.09. The van der Waals surface area contributed by atoms with Gasteiger partial charge < -0.3 is 10.1 Å². The number of nitrogens with one attached hydrogen (secondary N) is 1. The van der Waals surface area contributed by atoms with E-state index in [1.165, 1.54) is 37.4 Å². The van der Waals surface area contributed by atoms with Gasteiger partial charge in [0, 0.05) is 6.54 Å². The molecule has 2 aromatic carbocycles. The molecule has 0 fully saturated rings. The van der Waals surface area contributed by atoms with Gasteiger partial charge in [0.2, 0.25) is 9.84 Å². The van der Waals surface area contributed by atoms with Crippen LogP contribution in [0, 0.1) is 0 Å². The van der Waals surface area contributed by atoms with Crippen molar-refractivity contribution < 1.29 is 31.1 Å². The second-order valence-electron chi connectivity index (χ2n) is 5.80. The predicted molar refractivity (Wildman–Crippen MR) is 97.3 cm³/mol. The van der Waals surface area contributed by atoms with Crippen LogP contribution < -0.4 is 10.1 Å². The third-order valence-corrected chi connectivity index (χ3v) is 5.92. The first-order valence-electron chi connectivity index (χ1n) is 8.08. The molecule has 0 spiro atoms. The maximum absolute atomic E-state index is 12.7. The molecule has 0 saturated carbocycles. The fourth-order valence-electron chi connectivity index (χ4n) is 2.38. The summed E-state index contributed by atoms with van der Waals surface area (Å²) >= 11 is 5.98. The summed E-state index contributed by atoms with van der Waals surface area (Å²) in [5.74, 6) is -1.62. The highest BCUT2D eigenvalue weighted by molar-refractivity contribution is 7.91. The summed E-state index contributed by atoms with van der Waals surface area (Å²) in [6, 6.07) is 10.1. The summed E-state index contributed by atoms with van der Waals surface area (Å²) in [5.41, 5.74) is 0.730. The Morgan fingerprint density at radius 3 is 2.25 bits per heavy atom. The number of hydrogen-bond donors (Lipinski definition) is 1. The molecule has 0 aliphatic heterocycles. The predicted octanol–water partition coefficient (Wildman–Crippen LogP) is 3.79. The summed E-state index contributed by atoms with van der Waals surface area (Å²) in [7, 11) is -2.36. The van der Waals surface area contributed by atoms with Crippen molar-refractivity contribution in [3.8, 4) is 5.75 Å². The fourth-order valence-corrected chi connectivity index (χ4v) is 3.99. The Balaban J connectivity index is 2.01. The third kappa shape index (κ3) is 5.39. The molecule has 1 N–H and O–H groups in total. The van der Waals surface area contributed by atoms with Crippen LogP contribution in [0.25, 0.3) is 0 Å². The molecule has 0 bridgehead atoms. The average Bonchev–Trinajstić information content (AvgIpc) is 2.64. The van der Waals surface area contributed by atoms with Crippen molar-refractivity contribution >= 4 is 27.3 Å². The summed E-state index contributed by atoms with van der Waals surface area (Å²) < 4.78 is 66.6. The summed E-state index contributed by atoms with van der Waals surface area (Å²) in [5, 5.41) is 1.95. The van der Waals surface area contributed by atoms with E-state index in [9.17, 15) is 26.4 Å². The summed E-state index contributed by atoms with van der Waals surface area (Å²) in [6.07, 6.45) is -4.24. The van der Waals surface area contributed by atoms with Crippen LogP contribution in [0.5, 0.6) is 5.75 Å². The van der Waals surface area contributed by atoms with Crippen molar-refractivity contribution in [1.29, 1.82) is 0 Å². The first-order valence-corrected chi connectivity index (χ1v) is 9.94.